The van der Waals surface area contributed by atoms with Crippen LogP contribution in [0.3, 0.4) is 0 Å². The van der Waals surface area contributed by atoms with E-state index in [4.69, 9.17) is 42.6 Å². The highest BCUT2D eigenvalue weighted by Gasteiger charge is 2.34. The average molecular weight is 1210 g/mol. The van der Waals surface area contributed by atoms with E-state index in [0.29, 0.717) is 111 Å². The second-order valence-corrected chi connectivity index (χ2v) is 23.9. The average Bonchev–Trinajstić information content (AvgIpc) is 1.54. The number of carbonyl (C=O) groups is 3. The molecule has 0 saturated carbocycles. The Hall–Kier alpha value is -7.79. The number of hydrogen-bond donors (Lipinski definition) is 1. The zero-order valence-electron chi connectivity index (χ0n) is 48.8. The van der Waals surface area contributed by atoms with E-state index >= 15 is 14.4 Å². The van der Waals surface area contributed by atoms with Crippen LogP contribution >= 0.6 is 45.9 Å². The maximum atomic E-state index is 15.8. The summed E-state index contributed by atoms with van der Waals surface area (Å²) < 4.78 is 14.4. The van der Waals surface area contributed by atoms with Crippen molar-refractivity contribution in [3.63, 3.8) is 0 Å². The van der Waals surface area contributed by atoms with Gasteiger partial charge in [-0.2, -0.15) is 0 Å². The number of halogens is 2. The van der Waals surface area contributed by atoms with Crippen molar-refractivity contribution in [2.24, 2.45) is 5.92 Å². The third-order valence-electron chi connectivity index (χ3n) is 15.4. The van der Waals surface area contributed by atoms with Crippen LogP contribution in [-0.2, 0) is 46.4 Å². The first-order chi connectivity index (χ1) is 41.1. The number of pyridine rings is 2. The van der Waals surface area contributed by atoms with Gasteiger partial charge in [-0.3, -0.25) is 28.3 Å². The van der Waals surface area contributed by atoms with Crippen LogP contribution in [0.2, 0.25) is 10.0 Å². The third-order valence-corrected chi connectivity index (χ3v) is 17.7. The van der Waals surface area contributed by atoms with Gasteiger partial charge in [0.2, 0.25) is 0 Å². The normalized spacial score (nSPS) is 13.4. The highest BCUT2D eigenvalue weighted by Crippen LogP contribution is 2.39. The Balaban J connectivity index is 1.18. The first kappa shape index (κ1) is 60.3. The summed E-state index contributed by atoms with van der Waals surface area (Å²) in [5.41, 5.74) is 11.8. The highest BCUT2D eigenvalue weighted by atomic mass is 35.5. The number of aromatic nitrogens is 4. The lowest BCUT2D eigenvalue weighted by atomic mass is 9.90. The Morgan fingerprint density at radius 1 is 0.635 bits per heavy atom. The summed E-state index contributed by atoms with van der Waals surface area (Å²) in [4.78, 5) is 85.8. The van der Waals surface area contributed by atoms with Crippen LogP contribution in [0.15, 0.2) is 136 Å². The molecule has 0 spiro atoms. The fourth-order valence-electron chi connectivity index (χ4n) is 11.3. The number of ether oxygens (including phenoxy) is 2. The Labute approximate surface area is 512 Å². The van der Waals surface area contributed by atoms with Gasteiger partial charge in [-0.1, -0.05) is 119 Å². The number of carbonyl (C=O) groups excluding carboxylic acids is 3. The molecule has 0 bridgehead atoms. The first-order valence-corrected chi connectivity index (χ1v) is 31.3. The Bertz CT molecular complexity index is 4060. The lowest BCUT2D eigenvalue weighted by Gasteiger charge is -2.33. The van der Waals surface area contributed by atoms with Crippen molar-refractivity contribution in [2.75, 3.05) is 33.4 Å². The fraction of sp³-hybridized carbons (Fsp3) is 0.279. The van der Waals surface area contributed by atoms with Gasteiger partial charge in [0.15, 0.2) is 0 Å². The number of rotatable bonds is 18. The minimum atomic E-state index is -0.721. The molecule has 0 unspecified atom stereocenters. The van der Waals surface area contributed by atoms with E-state index in [1.807, 2.05) is 65.4 Å². The van der Waals surface area contributed by atoms with Crippen molar-refractivity contribution in [3.05, 3.63) is 196 Å². The van der Waals surface area contributed by atoms with Crippen molar-refractivity contribution in [1.82, 2.24) is 29.3 Å². The monoisotopic (exact) mass is 1210 g/mol. The van der Waals surface area contributed by atoms with E-state index in [-0.39, 0.29) is 52.8 Å². The van der Waals surface area contributed by atoms with Gasteiger partial charge in [-0.25, -0.2) is 14.8 Å². The van der Waals surface area contributed by atoms with Gasteiger partial charge in [-0.05, 0) is 145 Å². The van der Waals surface area contributed by atoms with E-state index in [1.165, 1.54) is 29.8 Å². The molecule has 85 heavy (non-hydrogen) atoms. The molecular formula is C68H66Cl2N6O7S2. The van der Waals surface area contributed by atoms with Gasteiger partial charge in [0, 0.05) is 57.3 Å². The molecule has 0 aliphatic carbocycles. The second kappa shape index (κ2) is 26.2. The Kier molecular flexibility index (Phi) is 18.6. The van der Waals surface area contributed by atoms with Crippen molar-refractivity contribution in [1.29, 1.82) is 0 Å². The van der Waals surface area contributed by atoms with Crippen LogP contribution < -0.4 is 16.4 Å². The molecule has 10 rings (SSSR count). The summed E-state index contributed by atoms with van der Waals surface area (Å²) in [5, 5.41) is 9.08. The van der Waals surface area contributed by atoms with E-state index in [1.54, 1.807) is 57.4 Å². The highest BCUT2D eigenvalue weighted by molar-refractivity contribution is 7.13. The Morgan fingerprint density at radius 3 is 1.59 bits per heavy atom. The lowest BCUT2D eigenvalue weighted by Crippen LogP contribution is -2.56. The summed E-state index contributed by atoms with van der Waals surface area (Å²) in [6.45, 7) is 15.1. The molecule has 5 heterocycles. The van der Waals surface area contributed by atoms with Gasteiger partial charge < -0.3 is 19.7 Å². The quantitative estimate of drug-likeness (QED) is 0.0821. The van der Waals surface area contributed by atoms with Crippen molar-refractivity contribution < 1.29 is 23.9 Å². The molecule has 5 aromatic carbocycles. The number of esters is 2. The molecule has 1 N–H and O–H groups in total. The lowest BCUT2D eigenvalue weighted by molar-refractivity contribution is -0.144. The number of piperazine rings is 1. The minimum absolute atomic E-state index is 0.0236. The number of benzene rings is 5. The summed E-state index contributed by atoms with van der Waals surface area (Å²) in [5.74, 6) is -1.31. The van der Waals surface area contributed by atoms with Crippen molar-refractivity contribution in [3.8, 4) is 77.4 Å². The van der Waals surface area contributed by atoms with Gasteiger partial charge >= 0.3 is 11.9 Å². The van der Waals surface area contributed by atoms with Gasteiger partial charge in [-0.15, -0.1) is 22.7 Å². The molecule has 1 aliphatic rings. The number of amides is 1. The number of nitrogens with zero attached hydrogens (tertiary/aromatic N) is 5. The predicted octanol–water partition coefficient (Wildman–Crippen LogP) is 14.4. The van der Waals surface area contributed by atoms with E-state index in [0.717, 1.165) is 44.5 Å². The number of thiazole rings is 2. The van der Waals surface area contributed by atoms with E-state index in [9.17, 15) is 9.59 Å². The van der Waals surface area contributed by atoms with Crippen LogP contribution in [0.1, 0.15) is 97.1 Å². The SMILES string of the molecule is CCOC(=O)c1cc(-c2nc(-c3ccc(Cl)cc3)cs2)c(=O)n(-c2c(CC)cc(-c3cc(CC)c(-n4c(CC(C)C)c(C(=O)N5CCN[C@H](C(=O)OC)C5)cc(-c5nc(-c6ccc(Cl)cc6)cs5)c4=O)c(CC)c3)cc2CC)c1-c1ccccc1. The molecule has 17 heteroatoms. The number of nitrogens with one attached hydrogen (secondary N) is 1. The molecule has 1 aliphatic heterocycles. The smallest absolute Gasteiger partial charge is 0.340 e. The van der Waals surface area contributed by atoms with Crippen LogP contribution in [0.4, 0.5) is 0 Å². The number of methoxy groups -OCH3 is 1. The second-order valence-electron chi connectivity index (χ2n) is 21.3. The molecule has 1 fully saturated rings. The van der Waals surface area contributed by atoms with Crippen LogP contribution in [0.5, 0.6) is 0 Å². The summed E-state index contributed by atoms with van der Waals surface area (Å²) in [7, 11) is 1.33. The fourth-order valence-corrected chi connectivity index (χ4v) is 13.2. The van der Waals surface area contributed by atoms with Gasteiger partial charge in [0.05, 0.1) is 64.4 Å². The molecule has 9 aromatic rings. The summed E-state index contributed by atoms with van der Waals surface area (Å²) >= 11 is 15.2. The standard InChI is InChI=1S/C68H66Cl2N6O7S2/c1-9-40-30-47(31-41(10-2)59(40)75-58(29-39(6)7)51(64(77)74-28-27-71-55(36-74)68(81)82-8)34-53(65(75)78)62-72-56(37-84-62)44-19-23-49(69)24-20-44)48-32-42(11-3)60(43(12-4)33-48)76-61(46-17-15-14-16-18-46)52(67(80)83-13-5)35-54(66(76)79)63-73-57(38-85-63)45-21-25-50(70)26-22-45/h14-26,30-35,37-39,55,71H,9-13,27-29,36H2,1-8H3/t55-/m0/s1. The molecule has 0 radical (unpaired) electrons. The maximum Gasteiger partial charge on any atom is 0.340 e. The zero-order chi connectivity index (χ0) is 60.2. The summed E-state index contributed by atoms with van der Waals surface area (Å²) in [6.07, 6.45) is 2.50. The van der Waals surface area contributed by atoms with Gasteiger partial charge in [0.25, 0.3) is 17.0 Å². The largest absolute Gasteiger partial charge is 0.468 e. The van der Waals surface area contributed by atoms with E-state index in [2.05, 4.69) is 71.1 Å². The first-order valence-electron chi connectivity index (χ1n) is 28.8. The zero-order valence-corrected chi connectivity index (χ0v) is 52.0. The van der Waals surface area contributed by atoms with Crippen LogP contribution in [-0.4, -0.2) is 81.2 Å². The number of aryl methyl sites for hydroxylation is 4. The molecule has 13 nitrogen and oxygen atoms in total. The topological polar surface area (TPSA) is 155 Å². The molecule has 436 valence electrons. The van der Waals surface area contributed by atoms with Crippen LogP contribution in [0, 0.1) is 5.92 Å². The predicted molar refractivity (Wildman–Crippen MR) is 343 cm³/mol. The molecule has 1 saturated heterocycles. The molecule has 1 amide bonds. The Morgan fingerprint density at radius 2 is 1.12 bits per heavy atom. The molecule has 4 aromatic heterocycles. The maximum absolute atomic E-state index is 15.8. The van der Waals surface area contributed by atoms with Crippen molar-refractivity contribution >= 4 is 63.7 Å². The third kappa shape index (κ3) is 12.2. The molecule has 1 atom stereocenters. The minimum Gasteiger partial charge on any atom is -0.468 e. The number of hydrogen-bond acceptors (Lipinski definition) is 12. The summed E-state index contributed by atoms with van der Waals surface area (Å²) in [6, 6.07) is 35.4. The van der Waals surface area contributed by atoms with Gasteiger partial charge in [0.1, 0.15) is 16.1 Å². The molecular weight excluding hydrogens is 1150 g/mol. The van der Waals surface area contributed by atoms with E-state index < -0.39 is 18.0 Å². The van der Waals surface area contributed by atoms with Crippen molar-refractivity contribution in [2.45, 2.75) is 86.6 Å². The van der Waals surface area contributed by atoms with Crippen LogP contribution in [0.25, 0.3) is 77.4 Å².